The molecule has 0 bridgehead atoms. The van der Waals surface area contributed by atoms with Crippen LogP contribution in [0.15, 0.2) is 54.6 Å². The van der Waals surface area contributed by atoms with Gasteiger partial charge in [0.15, 0.2) is 0 Å². The Morgan fingerprint density at radius 2 is 2.26 bits per heavy atom. The Bertz CT molecular complexity index is 940. The summed E-state index contributed by atoms with van der Waals surface area (Å²) in [6, 6.07) is 8.05. The van der Waals surface area contributed by atoms with Gasteiger partial charge in [-0.3, -0.25) is 14.8 Å². The SMILES string of the molecule is C#CC/C(=C\C=C(/N)N1CCC2(Cc3ccccc3N2)C1=O)c1cn[nH]c1. The van der Waals surface area contributed by atoms with Crippen LogP contribution in [0.1, 0.15) is 24.0 Å². The number of anilines is 1. The molecule has 3 heterocycles. The molecule has 1 aromatic carbocycles. The van der Waals surface area contributed by atoms with Crippen LogP contribution in [-0.2, 0) is 11.2 Å². The molecule has 1 aromatic heterocycles. The van der Waals surface area contributed by atoms with Crippen molar-refractivity contribution in [3.05, 3.63) is 65.8 Å². The molecule has 4 rings (SSSR count). The van der Waals surface area contributed by atoms with E-state index in [9.17, 15) is 4.79 Å². The van der Waals surface area contributed by atoms with Gasteiger partial charge >= 0.3 is 0 Å². The molecule has 2 aromatic rings. The molecule has 4 N–H and O–H groups in total. The zero-order valence-corrected chi connectivity index (χ0v) is 14.9. The number of nitrogens with zero attached hydrogens (tertiary/aromatic N) is 2. The van der Waals surface area contributed by atoms with Crippen molar-refractivity contribution >= 4 is 17.2 Å². The monoisotopic (exact) mass is 359 g/mol. The van der Waals surface area contributed by atoms with E-state index in [0.29, 0.717) is 25.2 Å². The van der Waals surface area contributed by atoms with Crippen LogP contribution in [0.2, 0.25) is 0 Å². The highest BCUT2D eigenvalue weighted by Crippen LogP contribution is 2.39. The summed E-state index contributed by atoms with van der Waals surface area (Å²) in [5, 5.41) is 10.2. The molecule has 0 saturated carbocycles. The Morgan fingerprint density at radius 1 is 1.41 bits per heavy atom. The third kappa shape index (κ3) is 2.97. The van der Waals surface area contributed by atoms with E-state index < -0.39 is 5.54 Å². The molecular weight excluding hydrogens is 338 g/mol. The summed E-state index contributed by atoms with van der Waals surface area (Å²) in [5.41, 5.74) is 9.69. The first-order valence-electron chi connectivity index (χ1n) is 8.90. The van der Waals surface area contributed by atoms with Gasteiger partial charge in [0.25, 0.3) is 5.91 Å². The number of amides is 1. The van der Waals surface area contributed by atoms with Gasteiger partial charge in [-0.1, -0.05) is 24.3 Å². The second-order valence-electron chi connectivity index (χ2n) is 6.90. The highest BCUT2D eigenvalue weighted by atomic mass is 16.2. The summed E-state index contributed by atoms with van der Waals surface area (Å²) in [4.78, 5) is 14.8. The van der Waals surface area contributed by atoms with Crippen molar-refractivity contribution in [2.75, 3.05) is 11.9 Å². The predicted molar refractivity (Wildman–Crippen MR) is 105 cm³/mol. The van der Waals surface area contributed by atoms with Gasteiger partial charge in [-0.25, -0.2) is 0 Å². The number of fused-ring (bicyclic) bond motifs is 1. The molecule has 136 valence electrons. The van der Waals surface area contributed by atoms with Crippen LogP contribution in [0.5, 0.6) is 0 Å². The van der Waals surface area contributed by atoms with Crippen molar-refractivity contribution < 1.29 is 4.79 Å². The molecule has 1 fully saturated rings. The van der Waals surface area contributed by atoms with E-state index in [4.69, 9.17) is 12.2 Å². The van der Waals surface area contributed by atoms with Crippen molar-refractivity contribution in [1.82, 2.24) is 15.1 Å². The predicted octanol–water partition coefficient (Wildman–Crippen LogP) is 2.26. The smallest absolute Gasteiger partial charge is 0.254 e. The maximum absolute atomic E-state index is 13.1. The van der Waals surface area contributed by atoms with Gasteiger partial charge in [-0.05, 0) is 29.7 Å². The molecule has 1 unspecified atom stereocenters. The minimum atomic E-state index is -0.585. The molecule has 27 heavy (non-hydrogen) atoms. The van der Waals surface area contributed by atoms with E-state index >= 15 is 0 Å². The number of rotatable bonds is 4. The van der Waals surface area contributed by atoms with Gasteiger partial charge in [0.05, 0.1) is 6.20 Å². The number of allylic oxidation sites excluding steroid dienone is 3. The molecule has 1 saturated heterocycles. The van der Waals surface area contributed by atoms with Crippen LogP contribution in [0.4, 0.5) is 5.69 Å². The van der Waals surface area contributed by atoms with E-state index in [1.54, 1.807) is 23.4 Å². The fourth-order valence-corrected chi connectivity index (χ4v) is 3.79. The van der Waals surface area contributed by atoms with E-state index in [2.05, 4.69) is 27.5 Å². The first-order valence-corrected chi connectivity index (χ1v) is 8.90. The Kier molecular flexibility index (Phi) is 4.21. The Labute approximate surface area is 158 Å². The van der Waals surface area contributed by atoms with Crippen LogP contribution < -0.4 is 11.1 Å². The lowest BCUT2D eigenvalue weighted by atomic mass is 9.94. The zero-order chi connectivity index (χ0) is 18.9. The number of nitrogens with one attached hydrogen (secondary N) is 2. The lowest BCUT2D eigenvalue weighted by Gasteiger charge is -2.24. The van der Waals surface area contributed by atoms with Crippen LogP contribution in [0.25, 0.3) is 5.57 Å². The average Bonchev–Trinajstić information content (AvgIpc) is 3.39. The van der Waals surface area contributed by atoms with Crippen molar-refractivity contribution in [3.8, 4) is 12.3 Å². The summed E-state index contributed by atoms with van der Waals surface area (Å²) in [7, 11) is 0. The van der Waals surface area contributed by atoms with Gasteiger partial charge in [0.2, 0.25) is 0 Å². The van der Waals surface area contributed by atoms with E-state index in [1.807, 2.05) is 24.3 Å². The quantitative estimate of drug-likeness (QED) is 0.577. The summed E-state index contributed by atoms with van der Waals surface area (Å²) in [5.74, 6) is 3.08. The van der Waals surface area contributed by atoms with E-state index in [0.717, 1.165) is 23.2 Å². The standard InChI is InChI=1S/C21H21N5O/c1-2-5-15(17-13-23-24-14-17)8-9-19(22)26-11-10-21(20(26)27)12-16-6-3-4-7-18(16)25-21/h1,3-4,6-9,13-14,25H,5,10-12,22H2,(H,23,24)/b15-8+,19-9+. The first-order chi connectivity index (χ1) is 13.1. The molecule has 2 aliphatic heterocycles. The lowest BCUT2D eigenvalue weighted by molar-refractivity contribution is -0.129. The van der Waals surface area contributed by atoms with Crippen molar-refractivity contribution in [1.29, 1.82) is 0 Å². The number of terminal acetylenes is 1. The number of likely N-dealkylation sites (tertiary alicyclic amines) is 1. The molecule has 6 heteroatoms. The second-order valence-corrected chi connectivity index (χ2v) is 6.90. The number of aromatic nitrogens is 2. The molecule has 1 spiro atoms. The number of carbonyl (C=O) groups is 1. The average molecular weight is 359 g/mol. The third-order valence-corrected chi connectivity index (χ3v) is 5.23. The minimum Gasteiger partial charge on any atom is -0.385 e. The summed E-state index contributed by atoms with van der Waals surface area (Å²) in [6.07, 6.45) is 14.4. The molecular formula is C21H21N5O. The summed E-state index contributed by atoms with van der Waals surface area (Å²) < 4.78 is 0. The van der Waals surface area contributed by atoms with Crippen LogP contribution in [0.3, 0.4) is 0 Å². The van der Waals surface area contributed by atoms with Gasteiger partial charge in [0.1, 0.15) is 11.4 Å². The van der Waals surface area contributed by atoms with Crippen LogP contribution in [-0.4, -0.2) is 33.1 Å². The number of hydrogen-bond acceptors (Lipinski definition) is 4. The van der Waals surface area contributed by atoms with Gasteiger partial charge in [-0.15, -0.1) is 12.3 Å². The first kappa shape index (κ1) is 17.0. The number of nitrogens with two attached hydrogens (primary N) is 1. The molecule has 2 aliphatic rings. The summed E-state index contributed by atoms with van der Waals surface area (Å²) in [6.45, 7) is 0.589. The lowest BCUT2D eigenvalue weighted by Crippen LogP contribution is -2.45. The fourth-order valence-electron chi connectivity index (χ4n) is 3.79. The number of para-hydroxylation sites is 1. The van der Waals surface area contributed by atoms with Gasteiger partial charge in [-0.2, -0.15) is 5.10 Å². The molecule has 0 aliphatic carbocycles. The Morgan fingerprint density at radius 3 is 3.00 bits per heavy atom. The van der Waals surface area contributed by atoms with Crippen molar-refractivity contribution in [3.63, 3.8) is 0 Å². The second kappa shape index (κ2) is 6.69. The number of aromatic amines is 1. The number of hydrogen-bond donors (Lipinski definition) is 3. The van der Waals surface area contributed by atoms with Gasteiger partial charge in [0, 0.05) is 36.8 Å². The molecule has 0 radical (unpaired) electrons. The van der Waals surface area contributed by atoms with Gasteiger partial charge < -0.3 is 11.1 Å². The van der Waals surface area contributed by atoms with Crippen molar-refractivity contribution in [2.45, 2.75) is 24.8 Å². The fraction of sp³-hybridized carbons (Fsp3) is 0.238. The Balaban J connectivity index is 1.54. The van der Waals surface area contributed by atoms with E-state index in [1.165, 1.54) is 5.56 Å². The molecule has 6 nitrogen and oxygen atoms in total. The molecule has 1 amide bonds. The normalized spacial score (nSPS) is 22.0. The Hall–Kier alpha value is -3.46. The maximum Gasteiger partial charge on any atom is 0.254 e. The van der Waals surface area contributed by atoms with Crippen LogP contribution >= 0.6 is 0 Å². The summed E-state index contributed by atoms with van der Waals surface area (Å²) >= 11 is 0. The topological polar surface area (TPSA) is 87.0 Å². The third-order valence-electron chi connectivity index (χ3n) is 5.23. The van der Waals surface area contributed by atoms with Crippen LogP contribution in [0, 0.1) is 12.3 Å². The molecule has 1 atom stereocenters. The zero-order valence-electron chi connectivity index (χ0n) is 14.9. The largest absolute Gasteiger partial charge is 0.385 e. The number of H-pyrrole nitrogens is 1. The number of carbonyl (C=O) groups excluding carboxylic acids is 1. The highest BCUT2D eigenvalue weighted by Gasteiger charge is 2.50. The minimum absolute atomic E-state index is 0.0164. The highest BCUT2D eigenvalue weighted by molar-refractivity contribution is 5.95. The van der Waals surface area contributed by atoms with E-state index in [-0.39, 0.29) is 5.91 Å². The maximum atomic E-state index is 13.1. The number of benzene rings is 1. The van der Waals surface area contributed by atoms with Crippen molar-refractivity contribution in [2.24, 2.45) is 5.73 Å².